The second-order valence-electron chi connectivity index (χ2n) is 3.87. The highest BCUT2D eigenvalue weighted by molar-refractivity contribution is 6.30. The summed E-state index contributed by atoms with van der Waals surface area (Å²) in [7, 11) is 1.76. The van der Waals surface area contributed by atoms with Crippen molar-refractivity contribution in [2.24, 2.45) is 7.05 Å². The van der Waals surface area contributed by atoms with Gasteiger partial charge in [0.1, 0.15) is 11.9 Å². The number of aliphatic hydroxyl groups excluding tert-OH is 1. The highest BCUT2D eigenvalue weighted by Gasteiger charge is 2.14. The molecule has 2 aromatic rings. The number of benzene rings is 1. The van der Waals surface area contributed by atoms with Crippen LogP contribution in [0.2, 0.25) is 5.02 Å². The van der Waals surface area contributed by atoms with Crippen LogP contribution in [-0.2, 0) is 13.5 Å². The van der Waals surface area contributed by atoms with Crippen LogP contribution in [-0.4, -0.2) is 14.9 Å². The van der Waals surface area contributed by atoms with Crippen molar-refractivity contribution in [3.05, 3.63) is 52.6 Å². The van der Waals surface area contributed by atoms with Crippen LogP contribution in [0, 0.1) is 5.82 Å². The van der Waals surface area contributed by atoms with Gasteiger partial charge in [-0.25, -0.2) is 4.39 Å². The average molecular weight is 255 g/mol. The Hall–Kier alpha value is -1.39. The minimum atomic E-state index is -0.829. The summed E-state index contributed by atoms with van der Waals surface area (Å²) < 4.78 is 15.0. The third-order valence-electron chi connectivity index (χ3n) is 2.50. The first-order valence-electron chi connectivity index (χ1n) is 5.18. The fraction of sp³-hybridized carbons (Fsp3) is 0.250. The van der Waals surface area contributed by atoms with Gasteiger partial charge >= 0.3 is 0 Å². The summed E-state index contributed by atoms with van der Waals surface area (Å²) in [5, 5.41) is 14.4. The molecule has 1 atom stereocenters. The highest BCUT2D eigenvalue weighted by atomic mass is 35.5. The number of halogens is 2. The number of aliphatic hydroxyl groups is 1. The zero-order chi connectivity index (χ0) is 12.4. The summed E-state index contributed by atoms with van der Waals surface area (Å²) in [5.74, 6) is -0.371. The molecule has 0 aliphatic rings. The molecule has 3 nitrogen and oxygen atoms in total. The lowest BCUT2D eigenvalue weighted by Gasteiger charge is -2.09. The lowest BCUT2D eigenvalue weighted by molar-refractivity contribution is 0.171. The second-order valence-corrected chi connectivity index (χ2v) is 4.31. The minimum absolute atomic E-state index is 0.156. The molecule has 1 unspecified atom stereocenters. The molecule has 0 spiro atoms. The Bertz CT molecular complexity index is 527. The number of hydrogen-bond acceptors (Lipinski definition) is 2. The molecule has 0 radical (unpaired) electrons. The molecule has 5 heteroatoms. The summed E-state index contributed by atoms with van der Waals surface area (Å²) in [4.78, 5) is 0. The number of nitrogens with zero attached hydrogens (tertiary/aromatic N) is 2. The largest absolute Gasteiger partial charge is 0.386 e. The lowest BCUT2D eigenvalue weighted by Crippen LogP contribution is -2.05. The Kier molecular flexibility index (Phi) is 3.45. The van der Waals surface area contributed by atoms with E-state index in [1.54, 1.807) is 24.0 Å². The number of hydrogen-bond donors (Lipinski definition) is 1. The first-order valence-corrected chi connectivity index (χ1v) is 5.55. The quantitative estimate of drug-likeness (QED) is 0.914. The van der Waals surface area contributed by atoms with Gasteiger partial charge in [0.25, 0.3) is 0 Å². The number of aromatic nitrogens is 2. The van der Waals surface area contributed by atoms with Crippen molar-refractivity contribution >= 4 is 11.6 Å². The smallest absolute Gasteiger partial charge is 0.126 e. The van der Waals surface area contributed by atoms with Crippen molar-refractivity contribution < 1.29 is 9.50 Å². The van der Waals surface area contributed by atoms with Crippen LogP contribution in [0.5, 0.6) is 0 Å². The summed E-state index contributed by atoms with van der Waals surface area (Å²) in [6, 6.07) is 5.99. The first-order chi connectivity index (χ1) is 8.06. The van der Waals surface area contributed by atoms with Crippen LogP contribution < -0.4 is 0 Å². The molecular formula is C12H12ClFN2O. The molecule has 1 aromatic carbocycles. The van der Waals surface area contributed by atoms with Gasteiger partial charge in [0.05, 0.1) is 5.69 Å². The molecule has 0 fully saturated rings. The fourth-order valence-corrected chi connectivity index (χ4v) is 1.82. The molecule has 1 aromatic heterocycles. The molecule has 0 aliphatic heterocycles. The zero-order valence-electron chi connectivity index (χ0n) is 9.27. The molecule has 0 aliphatic carbocycles. The monoisotopic (exact) mass is 254 g/mol. The predicted octanol–water partition coefficient (Wildman–Crippen LogP) is 2.49. The standard InChI is InChI=1S/C12H12ClFN2O/c1-16-5-4-11(15-16)12(17)7-8-6-9(13)2-3-10(8)14/h2-6,12,17H,7H2,1H3. The van der Waals surface area contributed by atoms with Gasteiger partial charge in [-0.3, -0.25) is 4.68 Å². The minimum Gasteiger partial charge on any atom is -0.386 e. The van der Waals surface area contributed by atoms with Crippen molar-refractivity contribution in [1.82, 2.24) is 9.78 Å². The Labute approximate surface area is 103 Å². The molecule has 0 bridgehead atoms. The third kappa shape index (κ3) is 2.84. The molecule has 1 N–H and O–H groups in total. The van der Waals surface area contributed by atoms with Gasteiger partial charge in [0.2, 0.25) is 0 Å². The van der Waals surface area contributed by atoms with Crippen LogP contribution in [0.4, 0.5) is 4.39 Å². The Morgan fingerprint density at radius 2 is 2.24 bits per heavy atom. The van der Waals surface area contributed by atoms with Crippen molar-refractivity contribution in [2.75, 3.05) is 0 Å². The van der Waals surface area contributed by atoms with E-state index in [1.807, 2.05) is 0 Å². The summed E-state index contributed by atoms with van der Waals surface area (Å²) in [6.45, 7) is 0. The molecule has 2 rings (SSSR count). The van der Waals surface area contributed by atoms with Gasteiger partial charge in [-0.2, -0.15) is 5.10 Å². The molecule has 17 heavy (non-hydrogen) atoms. The SMILES string of the molecule is Cn1ccc(C(O)Cc2cc(Cl)ccc2F)n1. The summed E-state index contributed by atoms with van der Waals surface area (Å²) >= 11 is 5.78. The van der Waals surface area contributed by atoms with Gasteiger partial charge in [-0.05, 0) is 29.8 Å². The van der Waals surface area contributed by atoms with E-state index in [-0.39, 0.29) is 12.2 Å². The van der Waals surface area contributed by atoms with Crippen molar-refractivity contribution in [1.29, 1.82) is 0 Å². The maximum absolute atomic E-state index is 13.5. The first kappa shape index (κ1) is 12.1. The van der Waals surface area contributed by atoms with Gasteiger partial charge in [0.15, 0.2) is 0 Å². The predicted molar refractivity (Wildman–Crippen MR) is 63.3 cm³/mol. The highest BCUT2D eigenvalue weighted by Crippen LogP contribution is 2.21. The van der Waals surface area contributed by atoms with Gasteiger partial charge < -0.3 is 5.11 Å². The lowest BCUT2D eigenvalue weighted by atomic mass is 10.1. The molecule has 0 amide bonds. The van der Waals surface area contributed by atoms with E-state index in [0.717, 1.165) is 0 Å². The topological polar surface area (TPSA) is 38.0 Å². The molecular weight excluding hydrogens is 243 g/mol. The van der Waals surface area contributed by atoms with Crippen molar-refractivity contribution in [2.45, 2.75) is 12.5 Å². The second kappa shape index (κ2) is 4.85. The van der Waals surface area contributed by atoms with E-state index in [4.69, 9.17) is 11.6 Å². The Balaban J connectivity index is 2.18. The van der Waals surface area contributed by atoms with E-state index in [9.17, 15) is 9.50 Å². The Morgan fingerprint density at radius 3 is 2.88 bits per heavy atom. The van der Waals surface area contributed by atoms with Crippen LogP contribution in [0.15, 0.2) is 30.5 Å². The number of rotatable bonds is 3. The summed E-state index contributed by atoms with van der Waals surface area (Å²) in [6.07, 6.45) is 1.06. The van der Waals surface area contributed by atoms with Crippen molar-refractivity contribution in [3.63, 3.8) is 0 Å². The zero-order valence-corrected chi connectivity index (χ0v) is 10.0. The fourth-order valence-electron chi connectivity index (χ4n) is 1.62. The van der Waals surface area contributed by atoms with Gasteiger partial charge in [0, 0.05) is 24.7 Å². The Morgan fingerprint density at radius 1 is 1.47 bits per heavy atom. The van der Waals surface area contributed by atoms with Crippen LogP contribution in [0.1, 0.15) is 17.4 Å². The molecule has 90 valence electrons. The molecule has 1 heterocycles. The summed E-state index contributed by atoms with van der Waals surface area (Å²) in [5.41, 5.74) is 0.905. The maximum Gasteiger partial charge on any atom is 0.126 e. The van der Waals surface area contributed by atoms with E-state index in [1.165, 1.54) is 18.2 Å². The normalized spacial score (nSPS) is 12.7. The molecule has 0 saturated carbocycles. The van der Waals surface area contributed by atoms with Crippen LogP contribution in [0.3, 0.4) is 0 Å². The average Bonchev–Trinajstić information content (AvgIpc) is 2.70. The maximum atomic E-state index is 13.5. The van der Waals surface area contributed by atoms with Gasteiger partial charge in [-0.15, -0.1) is 0 Å². The van der Waals surface area contributed by atoms with E-state index >= 15 is 0 Å². The van der Waals surface area contributed by atoms with E-state index in [0.29, 0.717) is 16.3 Å². The van der Waals surface area contributed by atoms with E-state index < -0.39 is 6.10 Å². The van der Waals surface area contributed by atoms with Crippen LogP contribution in [0.25, 0.3) is 0 Å². The van der Waals surface area contributed by atoms with Gasteiger partial charge in [-0.1, -0.05) is 11.6 Å². The van der Waals surface area contributed by atoms with Crippen LogP contribution >= 0.6 is 11.6 Å². The molecule has 0 saturated heterocycles. The van der Waals surface area contributed by atoms with E-state index in [2.05, 4.69) is 5.10 Å². The third-order valence-corrected chi connectivity index (χ3v) is 2.73. The number of aryl methyl sites for hydroxylation is 1. The van der Waals surface area contributed by atoms with Crippen molar-refractivity contribution in [3.8, 4) is 0 Å².